The maximum Gasteiger partial charge on any atom is 0.306 e. The number of carboxylic acid groups (broad SMARTS) is 1. The first kappa shape index (κ1) is 24.2. The van der Waals surface area contributed by atoms with Crippen LogP contribution in [0.2, 0.25) is 0 Å². The number of piperidine rings is 1. The fourth-order valence-corrected chi connectivity index (χ4v) is 3.87. The summed E-state index contributed by atoms with van der Waals surface area (Å²) in [7, 11) is 0. The molecule has 7 nitrogen and oxygen atoms in total. The highest BCUT2D eigenvalue weighted by atomic mass is 16.4. The van der Waals surface area contributed by atoms with Gasteiger partial charge in [0.15, 0.2) is 0 Å². The Hall–Kier alpha value is -3.42. The molecule has 0 spiro atoms. The molecule has 1 aliphatic heterocycles. The molecule has 1 saturated heterocycles. The van der Waals surface area contributed by atoms with Crippen LogP contribution in [-0.2, 0) is 11.3 Å². The topological polar surface area (TPSA) is 93.4 Å². The molecular formula is C26H31N5O2. The molecule has 3 rings (SSSR count). The summed E-state index contributed by atoms with van der Waals surface area (Å²) < 4.78 is 0. The average Bonchev–Trinajstić information content (AvgIpc) is 2.79. The zero-order chi connectivity index (χ0) is 23.8. The number of aromatic nitrogens is 2. The summed E-state index contributed by atoms with van der Waals surface area (Å²) in [5, 5.41) is 18.3. The van der Waals surface area contributed by atoms with Gasteiger partial charge in [0.2, 0.25) is 5.82 Å². The number of anilines is 1. The van der Waals surface area contributed by atoms with Crippen molar-refractivity contribution in [3.63, 3.8) is 0 Å². The van der Waals surface area contributed by atoms with Gasteiger partial charge in [-0.05, 0) is 55.1 Å². The molecule has 1 aliphatic rings. The molecule has 0 bridgehead atoms. The van der Waals surface area contributed by atoms with E-state index in [1.807, 2.05) is 24.3 Å². The molecule has 0 atom stereocenters. The van der Waals surface area contributed by atoms with Crippen LogP contribution in [0.4, 0.5) is 5.82 Å². The SMILES string of the molecule is CC(C)(C)CN(Cc1ccc(C#CCN2CCC(C(=O)O)CC2)cc1)c1ccnc(C#N)n1. The van der Waals surface area contributed by atoms with Gasteiger partial charge < -0.3 is 10.0 Å². The molecule has 0 amide bonds. The molecule has 1 N–H and O–H groups in total. The van der Waals surface area contributed by atoms with E-state index in [4.69, 9.17) is 10.4 Å². The van der Waals surface area contributed by atoms with E-state index in [0.29, 0.717) is 25.9 Å². The van der Waals surface area contributed by atoms with Gasteiger partial charge in [-0.3, -0.25) is 9.69 Å². The van der Waals surface area contributed by atoms with Crippen molar-refractivity contribution < 1.29 is 9.90 Å². The van der Waals surface area contributed by atoms with Crippen LogP contribution in [0.5, 0.6) is 0 Å². The highest BCUT2D eigenvalue weighted by Crippen LogP contribution is 2.22. The van der Waals surface area contributed by atoms with E-state index < -0.39 is 5.97 Å². The van der Waals surface area contributed by atoms with Crippen molar-refractivity contribution in [2.24, 2.45) is 11.3 Å². The number of rotatable bonds is 6. The standard InChI is InChI=1S/C26H31N5O2/c1-26(2,3)19-31(24-10-13-28-23(17-27)29-24)18-21-8-6-20(7-9-21)5-4-14-30-15-11-22(12-16-30)25(32)33/h6-10,13,22H,11-12,14-16,18-19H2,1-3H3,(H,32,33). The lowest BCUT2D eigenvalue weighted by atomic mass is 9.95. The van der Waals surface area contributed by atoms with E-state index in [2.05, 4.69) is 64.5 Å². The Labute approximate surface area is 196 Å². The van der Waals surface area contributed by atoms with E-state index in [1.165, 1.54) is 0 Å². The highest BCUT2D eigenvalue weighted by molar-refractivity contribution is 5.70. The predicted molar refractivity (Wildman–Crippen MR) is 127 cm³/mol. The number of aliphatic carboxylic acids is 1. The zero-order valence-corrected chi connectivity index (χ0v) is 19.6. The van der Waals surface area contributed by atoms with Crippen LogP contribution in [0.3, 0.4) is 0 Å². The van der Waals surface area contributed by atoms with E-state index >= 15 is 0 Å². The van der Waals surface area contributed by atoms with Crippen LogP contribution in [-0.4, -0.2) is 52.1 Å². The smallest absolute Gasteiger partial charge is 0.306 e. The number of nitriles is 1. The number of hydrogen-bond acceptors (Lipinski definition) is 6. The first-order valence-electron chi connectivity index (χ1n) is 11.2. The largest absolute Gasteiger partial charge is 0.481 e. The van der Waals surface area contributed by atoms with Gasteiger partial charge >= 0.3 is 5.97 Å². The molecule has 0 radical (unpaired) electrons. The Bertz CT molecular complexity index is 1050. The zero-order valence-electron chi connectivity index (χ0n) is 19.6. The summed E-state index contributed by atoms with van der Waals surface area (Å²) >= 11 is 0. The minimum absolute atomic E-state index is 0.0576. The van der Waals surface area contributed by atoms with Gasteiger partial charge in [-0.2, -0.15) is 5.26 Å². The second kappa shape index (κ2) is 10.9. The van der Waals surface area contributed by atoms with Crippen molar-refractivity contribution in [2.45, 2.75) is 40.2 Å². The van der Waals surface area contributed by atoms with Crippen molar-refractivity contribution >= 4 is 11.8 Å². The third-order valence-corrected chi connectivity index (χ3v) is 5.53. The van der Waals surface area contributed by atoms with Crippen molar-refractivity contribution in [1.82, 2.24) is 14.9 Å². The first-order chi connectivity index (χ1) is 15.7. The summed E-state index contributed by atoms with van der Waals surface area (Å²) in [5.41, 5.74) is 2.15. The number of hydrogen-bond donors (Lipinski definition) is 1. The van der Waals surface area contributed by atoms with Crippen LogP contribution < -0.4 is 4.90 Å². The summed E-state index contributed by atoms with van der Waals surface area (Å²) in [5.74, 6) is 6.44. The summed E-state index contributed by atoms with van der Waals surface area (Å²) in [6.45, 7) is 10.2. The highest BCUT2D eigenvalue weighted by Gasteiger charge is 2.23. The molecule has 0 aliphatic carbocycles. The molecule has 33 heavy (non-hydrogen) atoms. The van der Waals surface area contributed by atoms with Gasteiger partial charge in [0.05, 0.1) is 12.5 Å². The molecule has 2 heterocycles. The van der Waals surface area contributed by atoms with Crippen LogP contribution in [0, 0.1) is 34.5 Å². The molecule has 1 aromatic carbocycles. The minimum Gasteiger partial charge on any atom is -0.481 e. The molecule has 1 aromatic heterocycles. The molecule has 2 aromatic rings. The van der Waals surface area contributed by atoms with E-state index in [-0.39, 0.29) is 17.2 Å². The van der Waals surface area contributed by atoms with Gasteiger partial charge in [-0.25, -0.2) is 9.97 Å². The van der Waals surface area contributed by atoms with Crippen molar-refractivity contribution in [3.8, 4) is 17.9 Å². The second-order valence-electron chi connectivity index (χ2n) is 9.65. The molecule has 7 heteroatoms. The first-order valence-corrected chi connectivity index (χ1v) is 11.2. The van der Waals surface area contributed by atoms with Gasteiger partial charge in [0.25, 0.3) is 0 Å². The van der Waals surface area contributed by atoms with Crippen LogP contribution in [0.25, 0.3) is 0 Å². The van der Waals surface area contributed by atoms with Crippen molar-refractivity contribution in [1.29, 1.82) is 5.26 Å². The Balaban J connectivity index is 1.62. The summed E-state index contributed by atoms with van der Waals surface area (Å²) in [6, 6.07) is 12.0. The third-order valence-electron chi connectivity index (χ3n) is 5.53. The van der Waals surface area contributed by atoms with E-state index in [9.17, 15) is 4.79 Å². The van der Waals surface area contributed by atoms with Gasteiger partial charge in [-0.15, -0.1) is 0 Å². The Morgan fingerprint density at radius 3 is 2.52 bits per heavy atom. The molecule has 1 fully saturated rings. The van der Waals surface area contributed by atoms with Crippen molar-refractivity contribution in [2.75, 3.05) is 31.1 Å². The molecule has 0 saturated carbocycles. The number of likely N-dealkylation sites (tertiary alicyclic amines) is 1. The molecule has 0 unspecified atom stereocenters. The van der Waals surface area contributed by atoms with Crippen molar-refractivity contribution in [3.05, 3.63) is 53.5 Å². The summed E-state index contributed by atoms with van der Waals surface area (Å²) in [6.07, 6.45) is 3.01. The van der Waals surface area contributed by atoms with E-state index in [0.717, 1.165) is 36.6 Å². The second-order valence-corrected chi connectivity index (χ2v) is 9.65. The monoisotopic (exact) mass is 445 g/mol. The lowest BCUT2D eigenvalue weighted by molar-refractivity contribution is -0.143. The Kier molecular flexibility index (Phi) is 8.03. The number of benzene rings is 1. The van der Waals surface area contributed by atoms with Gasteiger partial charge in [-0.1, -0.05) is 44.7 Å². The molecular weight excluding hydrogens is 414 g/mol. The quantitative estimate of drug-likeness (QED) is 0.680. The van der Waals surface area contributed by atoms with Crippen LogP contribution in [0.1, 0.15) is 50.6 Å². The minimum atomic E-state index is -0.688. The lowest BCUT2D eigenvalue weighted by Gasteiger charge is -2.31. The Morgan fingerprint density at radius 1 is 1.21 bits per heavy atom. The maximum absolute atomic E-state index is 11.1. The number of nitrogens with zero attached hydrogens (tertiary/aromatic N) is 5. The number of carbonyl (C=O) groups is 1. The fraction of sp³-hybridized carbons (Fsp3) is 0.462. The Morgan fingerprint density at radius 2 is 1.91 bits per heavy atom. The number of carboxylic acids is 1. The normalized spacial score (nSPS) is 14.7. The lowest BCUT2D eigenvalue weighted by Crippen LogP contribution is -2.36. The third kappa shape index (κ3) is 7.59. The van der Waals surface area contributed by atoms with Gasteiger partial charge in [0, 0.05) is 24.8 Å². The summed E-state index contributed by atoms with van der Waals surface area (Å²) in [4.78, 5) is 23.8. The predicted octanol–water partition coefficient (Wildman–Crippen LogP) is 3.55. The maximum atomic E-state index is 11.1. The van der Waals surface area contributed by atoms with Crippen LogP contribution in [0.15, 0.2) is 36.5 Å². The van der Waals surface area contributed by atoms with Gasteiger partial charge in [0.1, 0.15) is 11.9 Å². The van der Waals surface area contributed by atoms with E-state index in [1.54, 1.807) is 6.20 Å². The fourth-order valence-electron chi connectivity index (χ4n) is 3.87. The van der Waals surface area contributed by atoms with Crippen LogP contribution >= 0.6 is 0 Å². The average molecular weight is 446 g/mol. The molecule has 172 valence electrons.